The van der Waals surface area contributed by atoms with E-state index in [9.17, 15) is 37.7 Å². The molecule has 308 valence electrons. The molecular formula is C38H38Cl2F3N7O8. The number of aromatic nitrogens is 2. The van der Waals surface area contributed by atoms with Crippen molar-refractivity contribution in [3.63, 3.8) is 0 Å². The van der Waals surface area contributed by atoms with Crippen LogP contribution < -0.4 is 19.9 Å². The first-order valence-electron chi connectivity index (χ1n) is 17.9. The number of nitrogens with zero attached hydrogens (tertiary/aromatic N) is 6. The zero-order chi connectivity index (χ0) is 42.0. The minimum Gasteiger partial charge on any atom is -0.491 e. The Labute approximate surface area is 340 Å². The largest absolute Gasteiger partial charge is 0.491 e. The summed E-state index contributed by atoms with van der Waals surface area (Å²) < 4.78 is 59.3. The van der Waals surface area contributed by atoms with Crippen LogP contribution in [0.3, 0.4) is 0 Å². The molecule has 4 heterocycles. The van der Waals surface area contributed by atoms with Crippen LogP contribution in [-0.2, 0) is 37.6 Å². The summed E-state index contributed by atoms with van der Waals surface area (Å²) in [6.45, 7) is 8.59. The van der Waals surface area contributed by atoms with Crippen LogP contribution >= 0.6 is 23.2 Å². The van der Waals surface area contributed by atoms with E-state index in [0.29, 0.717) is 52.4 Å². The van der Waals surface area contributed by atoms with Gasteiger partial charge in [-0.15, -0.1) is 0 Å². The molecule has 0 radical (unpaired) electrons. The number of alkyl halides is 3. The number of imidazole rings is 1. The standard InChI is InChI=1S/C26H28Cl2N4O4.C12H10F3N3O4/c1-19(33)31-10-12-32(13-11-31)21-3-5-22(6-4-21)34-15-23-16-35-26(36-23,17-30-9-8-29-18-30)24-7-2-20(27)14-25(24)28;1-11(2)9(19)17(10(20)16-11)6-3-4-8(18(21)22)7(5-6)12(13,14)15/h2-9,14,18,23H,10-13,15-17H2,1H3;3-5H,1-2H3,(H,16,20)/t23-,26-;/m0./s1. The number of urea groups is 1. The van der Waals surface area contributed by atoms with E-state index in [1.807, 2.05) is 46.0 Å². The van der Waals surface area contributed by atoms with Crippen molar-refractivity contribution in [2.45, 2.75) is 50.9 Å². The lowest BCUT2D eigenvalue weighted by Crippen LogP contribution is -2.48. The molecule has 3 fully saturated rings. The molecule has 1 aromatic heterocycles. The highest BCUT2D eigenvalue weighted by molar-refractivity contribution is 6.35. The van der Waals surface area contributed by atoms with Gasteiger partial charge < -0.3 is 33.9 Å². The Morgan fingerprint density at radius 1 is 1.03 bits per heavy atom. The van der Waals surface area contributed by atoms with Crippen molar-refractivity contribution in [3.8, 4) is 5.75 Å². The van der Waals surface area contributed by atoms with Gasteiger partial charge in [0.25, 0.3) is 11.6 Å². The van der Waals surface area contributed by atoms with Gasteiger partial charge in [0.15, 0.2) is 0 Å². The highest BCUT2D eigenvalue weighted by Gasteiger charge is 2.47. The van der Waals surface area contributed by atoms with Gasteiger partial charge in [-0.1, -0.05) is 29.3 Å². The molecule has 3 saturated heterocycles. The normalized spacial score (nSPS) is 20.4. The second-order valence-corrected chi connectivity index (χ2v) is 15.0. The van der Waals surface area contributed by atoms with Crippen molar-refractivity contribution in [3.05, 3.63) is 111 Å². The van der Waals surface area contributed by atoms with Gasteiger partial charge in [-0.05, 0) is 62.4 Å². The van der Waals surface area contributed by atoms with Gasteiger partial charge in [0.05, 0.1) is 35.1 Å². The third-order valence-electron chi connectivity index (χ3n) is 9.61. The Morgan fingerprint density at radius 2 is 1.72 bits per heavy atom. The van der Waals surface area contributed by atoms with E-state index in [0.717, 1.165) is 43.7 Å². The Morgan fingerprint density at radius 3 is 2.29 bits per heavy atom. The summed E-state index contributed by atoms with van der Waals surface area (Å²) in [6, 6.07) is 14.4. The molecule has 0 aliphatic carbocycles. The molecular weight excluding hydrogens is 810 g/mol. The van der Waals surface area contributed by atoms with Crippen LogP contribution in [0.4, 0.5) is 35.0 Å². The third-order valence-corrected chi connectivity index (χ3v) is 10.2. The second-order valence-electron chi connectivity index (χ2n) is 14.1. The van der Waals surface area contributed by atoms with E-state index in [4.69, 9.17) is 37.4 Å². The van der Waals surface area contributed by atoms with Crippen molar-refractivity contribution >= 4 is 58.1 Å². The molecule has 3 aliphatic rings. The van der Waals surface area contributed by atoms with E-state index in [-0.39, 0.29) is 17.7 Å². The van der Waals surface area contributed by atoms with Gasteiger partial charge in [-0.3, -0.25) is 19.7 Å². The molecule has 7 rings (SSSR count). The summed E-state index contributed by atoms with van der Waals surface area (Å²) in [5.41, 5.74) is -2.51. The number of rotatable bonds is 9. The molecule has 1 N–H and O–H groups in total. The second kappa shape index (κ2) is 16.8. The summed E-state index contributed by atoms with van der Waals surface area (Å²) >= 11 is 12.7. The molecule has 4 amide bonds. The molecule has 2 atom stereocenters. The number of amides is 4. The average molecular weight is 849 g/mol. The molecule has 4 aromatic rings. The monoisotopic (exact) mass is 847 g/mol. The molecule has 0 saturated carbocycles. The number of ether oxygens (including phenoxy) is 3. The molecule has 3 aromatic carbocycles. The fraction of sp³-hybridized carbons (Fsp3) is 0.368. The molecule has 0 unspecified atom stereocenters. The molecule has 0 spiro atoms. The lowest BCUT2D eigenvalue weighted by molar-refractivity contribution is -0.388. The van der Waals surface area contributed by atoms with Crippen LogP contribution in [0.5, 0.6) is 5.75 Å². The van der Waals surface area contributed by atoms with Crippen LogP contribution in [0.1, 0.15) is 31.9 Å². The van der Waals surface area contributed by atoms with Gasteiger partial charge in [0.2, 0.25) is 11.7 Å². The van der Waals surface area contributed by atoms with E-state index < -0.39 is 45.6 Å². The lowest BCUT2D eigenvalue weighted by atomic mass is 10.1. The third kappa shape index (κ3) is 9.30. The minimum atomic E-state index is -4.99. The molecule has 0 bridgehead atoms. The van der Waals surface area contributed by atoms with E-state index in [1.165, 1.54) is 13.8 Å². The maximum absolute atomic E-state index is 12.9. The summed E-state index contributed by atoms with van der Waals surface area (Å²) in [5, 5.41) is 14.0. The van der Waals surface area contributed by atoms with Gasteiger partial charge >= 0.3 is 12.2 Å². The van der Waals surface area contributed by atoms with Crippen LogP contribution in [0, 0.1) is 10.1 Å². The molecule has 15 nitrogen and oxygen atoms in total. The smallest absolute Gasteiger partial charge is 0.423 e. The van der Waals surface area contributed by atoms with Crippen molar-refractivity contribution in [2.24, 2.45) is 0 Å². The number of hydrogen-bond donors (Lipinski definition) is 1. The van der Waals surface area contributed by atoms with E-state index >= 15 is 0 Å². The Bertz CT molecular complexity index is 2170. The van der Waals surface area contributed by atoms with Crippen LogP contribution in [0.25, 0.3) is 0 Å². The fourth-order valence-electron chi connectivity index (χ4n) is 6.63. The number of imide groups is 1. The number of benzene rings is 3. The highest BCUT2D eigenvalue weighted by Crippen LogP contribution is 2.41. The quantitative estimate of drug-likeness (QED) is 0.110. The summed E-state index contributed by atoms with van der Waals surface area (Å²) in [4.78, 5) is 53.7. The van der Waals surface area contributed by atoms with Crippen molar-refractivity contribution in [2.75, 3.05) is 49.2 Å². The highest BCUT2D eigenvalue weighted by atomic mass is 35.5. The van der Waals surface area contributed by atoms with Gasteiger partial charge in [0, 0.05) is 67.8 Å². The summed E-state index contributed by atoms with van der Waals surface area (Å²) in [5.74, 6) is -0.952. The Hall–Kier alpha value is -5.43. The number of nitro groups is 1. The average Bonchev–Trinajstić information content (AvgIpc) is 3.88. The summed E-state index contributed by atoms with van der Waals surface area (Å²) in [7, 11) is 0. The first-order valence-corrected chi connectivity index (χ1v) is 18.6. The van der Waals surface area contributed by atoms with E-state index in [1.54, 1.807) is 31.6 Å². The SMILES string of the molecule is CC(=O)N1CCN(c2ccc(OC[C@H]3CO[C@](Cn4ccnc4)(c4ccc(Cl)cc4Cl)O3)cc2)CC1.CC1(C)NC(=O)N(c2ccc([N+](=O)[O-])c(C(F)(F)F)c2)C1=O. The predicted octanol–water partition coefficient (Wildman–Crippen LogP) is 6.65. The maximum Gasteiger partial charge on any atom is 0.423 e. The number of carbonyl (C=O) groups excluding carboxylic acids is 3. The molecule has 20 heteroatoms. The van der Waals surface area contributed by atoms with Crippen LogP contribution in [0.15, 0.2) is 79.4 Å². The van der Waals surface area contributed by atoms with Crippen molar-refractivity contribution in [1.29, 1.82) is 0 Å². The van der Waals surface area contributed by atoms with Gasteiger partial charge in [0.1, 0.15) is 29.6 Å². The number of hydrogen-bond acceptors (Lipinski definition) is 10. The molecule has 3 aliphatic heterocycles. The van der Waals surface area contributed by atoms with Crippen molar-refractivity contribution < 1.29 is 46.7 Å². The first-order chi connectivity index (χ1) is 27.4. The van der Waals surface area contributed by atoms with E-state index in [2.05, 4.69) is 15.2 Å². The number of anilines is 2. The fourth-order valence-corrected chi connectivity index (χ4v) is 7.18. The zero-order valence-corrected chi connectivity index (χ0v) is 32.9. The van der Waals surface area contributed by atoms with Crippen LogP contribution in [0.2, 0.25) is 10.0 Å². The van der Waals surface area contributed by atoms with Gasteiger partial charge in [-0.25, -0.2) is 14.7 Å². The Kier molecular flexibility index (Phi) is 12.2. The number of nitro benzene ring substituents is 1. The number of piperazine rings is 1. The van der Waals surface area contributed by atoms with Gasteiger partial charge in [-0.2, -0.15) is 13.2 Å². The number of halogens is 5. The molecule has 58 heavy (non-hydrogen) atoms. The first kappa shape index (κ1) is 42.2. The van der Waals surface area contributed by atoms with Crippen LogP contribution in [-0.4, -0.2) is 88.3 Å². The maximum atomic E-state index is 12.9. The number of carbonyl (C=O) groups is 3. The number of nitrogens with one attached hydrogen (secondary N) is 1. The topological polar surface area (TPSA) is 162 Å². The summed E-state index contributed by atoms with van der Waals surface area (Å²) in [6.07, 6.45) is -0.0142. The lowest BCUT2D eigenvalue weighted by Gasteiger charge is -2.35. The minimum absolute atomic E-state index is 0.129. The zero-order valence-electron chi connectivity index (χ0n) is 31.4. The van der Waals surface area contributed by atoms with Crippen molar-refractivity contribution in [1.82, 2.24) is 19.8 Å². The predicted molar refractivity (Wildman–Crippen MR) is 206 cm³/mol. The Balaban J connectivity index is 0.000000221.